The lowest BCUT2D eigenvalue weighted by Crippen LogP contribution is -2.45. The molecular formula is C20H29NO2. The Balaban J connectivity index is 1.65. The van der Waals surface area contributed by atoms with E-state index in [-0.39, 0.29) is 12.0 Å². The minimum Gasteiger partial charge on any atom is -0.481 e. The summed E-state index contributed by atoms with van der Waals surface area (Å²) in [6, 6.07) is 6.38. The van der Waals surface area contributed by atoms with Crippen molar-refractivity contribution in [2.75, 3.05) is 13.1 Å². The number of fused-ring (bicyclic) bond motifs is 1. The van der Waals surface area contributed by atoms with Crippen LogP contribution in [0, 0.1) is 5.92 Å². The van der Waals surface area contributed by atoms with E-state index in [0.29, 0.717) is 0 Å². The van der Waals surface area contributed by atoms with Gasteiger partial charge >= 0.3 is 0 Å². The molecule has 0 unspecified atom stereocenters. The number of piperidine rings is 1. The minimum atomic E-state index is -0.343. The van der Waals surface area contributed by atoms with Crippen molar-refractivity contribution in [2.45, 2.75) is 64.9 Å². The molecule has 1 fully saturated rings. The quantitative estimate of drug-likeness (QED) is 0.841. The summed E-state index contributed by atoms with van der Waals surface area (Å²) in [6.45, 7) is 6.06. The molecule has 1 aliphatic carbocycles. The van der Waals surface area contributed by atoms with Crippen LogP contribution in [-0.2, 0) is 17.6 Å². The van der Waals surface area contributed by atoms with Crippen molar-refractivity contribution in [3.63, 3.8) is 0 Å². The fourth-order valence-corrected chi connectivity index (χ4v) is 3.69. The van der Waals surface area contributed by atoms with Crippen LogP contribution in [0.4, 0.5) is 0 Å². The van der Waals surface area contributed by atoms with Gasteiger partial charge in [0.05, 0.1) is 0 Å². The fraction of sp³-hybridized carbons (Fsp3) is 0.650. The van der Waals surface area contributed by atoms with Crippen LogP contribution in [0.1, 0.15) is 57.1 Å². The molecule has 1 saturated heterocycles. The second kappa shape index (κ2) is 7.37. The third kappa shape index (κ3) is 3.88. The summed E-state index contributed by atoms with van der Waals surface area (Å²) in [4.78, 5) is 14.7. The van der Waals surface area contributed by atoms with E-state index in [1.165, 1.54) is 30.4 Å². The van der Waals surface area contributed by atoms with Gasteiger partial charge in [-0.3, -0.25) is 4.79 Å². The molecule has 0 aromatic heterocycles. The molecule has 1 aliphatic heterocycles. The molecule has 0 spiro atoms. The average Bonchev–Trinajstić information content (AvgIpc) is 2.59. The van der Waals surface area contributed by atoms with Gasteiger partial charge in [-0.25, -0.2) is 0 Å². The number of carbonyl (C=O) groups excluding carboxylic acids is 1. The molecule has 3 heteroatoms. The Morgan fingerprint density at radius 2 is 1.91 bits per heavy atom. The highest BCUT2D eigenvalue weighted by molar-refractivity contribution is 5.81. The summed E-state index contributed by atoms with van der Waals surface area (Å²) in [7, 11) is 0. The monoisotopic (exact) mass is 315 g/mol. The van der Waals surface area contributed by atoms with Crippen LogP contribution in [0.25, 0.3) is 0 Å². The van der Waals surface area contributed by atoms with Gasteiger partial charge in [0.1, 0.15) is 5.75 Å². The summed E-state index contributed by atoms with van der Waals surface area (Å²) in [5, 5.41) is 0. The van der Waals surface area contributed by atoms with E-state index in [1.54, 1.807) is 0 Å². The number of aryl methyl sites for hydroxylation is 2. The standard InChI is InChI=1S/C20H29NO2/c1-3-19(20(22)21-12-10-15(2)11-13-21)23-18-9-8-16-6-4-5-7-17(16)14-18/h8-9,14-15,19H,3-7,10-13H2,1-2H3/t19-/m0/s1. The first-order valence-electron chi connectivity index (χ1n) is 9.24. The van der Waals surface area contributed by atoms with Gasteiger partial charge in [0.15, 0.2) is 6.10 Å². The number of nitrogens with zero attached hydrogens (tertiary/aromatic N) is 1. The Bertz CT molecular complexity index is 547. The summed E-state index contributed by atoms with van der Waals surface area (Å²) < 4.78 is 6.08. The molecule has 2 aliphatic rings. The molecule has 126 valence electrons. The van der Waals surface area contributed by atoms with E-state index in [4.69, 9.17) is 4.74 Å². The van der Waals surface area contributed by atoms with Gasteiger partial charge in [0.25, 0.3) is 5.91 Å². The van der Waals surface area contributed by atoms with Gasteiger partial charge in [0.2, 0.25) is 0 Å². The molecule has 0 radical (unpaired) electrons. The van der Waals surface area contributed by atoms with Crippen molar-refractivity contribution in [1.29, 1.82) is 0 Å². The maximum absolute atomic E-state index is 12.7. The zero-order valence-electron chi connectivity index (χ0n) is 14.5. The summed E-state index contributed by atoms with van der Waals surface area (Å²) >= 11 is 0. The van der Waals surface area contributed by atoms with Crippen LogP contribution in [0.2, 0.25) is 0 Å². The van der Waals surface area contributed by atoms with E-state index in [9.17, 15) is 4.79 Å². The number of likely N-dealkylation sites (tertiary alicyclic amines) is 1. The average molecular weight is 315 g/mol. The lowest BCUT2D eigenvalue weighted by atomic mass is 9.92. The highest BCUT2D eigenvalue weighted by atomic mass is 16.5. The van der Waals surface area contributed by atoms with E-state index in [2.05, 4.69) is 19.1 Å². The van der Waals surface area contributed by atoms with Gasteiger partial charge in [0, 0.05) is 13.1 Å². The Morgan fingerprint density at radius 3 is 2.61 bits per heavy atom. The molecule has 1 heterocycles. The Kier molecular flexibility index (Phi) is 5.24. The highest BCUT2D eigenvalue weighted by Gasteiger charge is 2.27. The topological polar surface area (TPSA) is 29.5 Å². The van der Waals surface area contributed by atoms with Crippen molar-refractivity contribution in [2.24, 2.45) is 5.92 Å². The molecule has 1 amide bonds. The van der Waals surface area contributed by atoms with Crippen molar-refractivity contribution in [1.82, 2.24) is 4.90 Å². The molecule has 0 bridgehead atoms. The fourth-order valence-electron chi connectivity index (χ4n) is 3.69. The van der Waals surface area contributed by atoms with Crippen LogP contribution in [-0.4, -0.2) is 30.0 Å². The van der Waals surface area contributed by atoms with Crippen molar-refractivity contribution in [3.05, 3.63) is 29.3 Å². The SMILES string of the molecule is CC[C@H](Oc1ccc2c(c1)CCCC2)C(=O)N1CCC(C)CC1. The second-order valence-electron chi connectivity index (χ2n) is 7.16. The number of carbonyl (C=O) groups is 1. The molecule has 3 rings (SSSR count). The summed E-state index contributed by atoms with van der Waals surface area (Å²) in [5.74, 6) is 1.76. The van der Waals surface area contributed by atoms with E-state index >= 15 is 0 Å². The maximum atomic E-state index is 12.7. The van der Waals surface area contributed by atoms with Crippen LogP contribution in [0.15, 0.2) is 18.2 Å². The van der Waals surface area contributed by atoms with Crippen LogP contribution >= 0.6 is 0 Å². The Hall–Kier alpha value is -1.51. The number of amides is 1. The zero-order valence-corrected chi connectivity index (χ0v) is 14.5. The molecule has 1 aromatic rings. The lowest BCUT2D eigenvalue weighted by Gasteiger charge is -2.33. The van der Waals surface area contributed by atoms with Crippen LogP contribution < -0.4 is 4.74 Å². The first-order valence-corrected chi connectivity index (χ1v) is 9.24. The van der Waals surface area contributed by atoms with Crippen molar-refractivity contribution < 1.29 is 9.53 Å². The lowest BCUT2D eigenvalue weighted by molar-refractivity contribution is -0.140. The normalized spacial score (nSPS) is 20.0. The smallest absolute Gasteiger partial charge is 0.263 e. The molecular weight excluding hydrogens is 286 g/mol. The third-order valence-electron chi connectivity index (χ3n) is 5.34. The van der Waals surface area contributed by atoms with Crippen molar-refractivity contribution in [3.8, 4) is 5.75 Å². The first-order chi connectivity index (χ1) is 11.2. The number of hydrogen-bond acceptors (Lipinski definition) is 2. The molecule has 0 saturated carbocycles. The Morgan fingerprint density at radius 1 is 1.22 bits per heavy atom. The van der Waals surface area contributed by atoms with Crippen LogP contribution in [0.5, 0.6) is 5.75 Å². The van der Waals surface area contributed by atoms with Gasteiger partial charge in [-0.1, -0.05) is 19.9 Å². The minimum absolute atomic E-state index is 0.164. The van der Waals surface area contributed by atoms with Gasteiger partial charge in [-0.2, -0.15) is 0 Å². The molecule has 23 heavy (non-hydrogen) atoms. The first kappa shape index (κ1) is 16.4. The number of hydrogen-bond donors (Lipinski definition) is 0. The van der Waals surface area contributed by atoms with E-state index < -0.39 is 0 Å². The molecule has 1 atom stereocenters. The van der Waals surface area contributed by atoms with Gasteiger partial charge in [-0.15, -0.1) is 0 Å². The predicted octanol–water partition coefficient (Wildman–Crippen LogP) is 3.98. The van der Waals surface area contributed by atoms with Gasteiger partial charge < -0.3 is 9.64 Å². The molecule has 0 N–H and O–H groups in total. The summed E-state index contributed by atoms with van der Waals surface area (Å²) in [5.41, 5.74) is 2.86. The molecule has 1 aromatic carbocycles. The summed E-state index contributed by atoms with van der Waals surface area (Å²) in [6.07, 6.45) is 7.48. The van der Waals surface area contributed by atoms with E-state index in [1.807, 2.05) is 17.9 Å². The molecule has 3 nitrogen and oxygen atoms in total. The number of benzene rings is 1. The Labute approximate surface area is 140 Å². The van der Waals surface area contributed by atoms with Crippen LogP contribution in [0.3, 0.4) is 0 Å². The second-order valence-corrected chi connectivity index (χ2v) is 7.16. The zero-order chi connectivity index (χ0) is 16.2. The van der Waals surface area contributed by atoms with Gasteiger partial charge in [-0.05, 0) is 74.1 Å². The largest absolute Gasteiger partial charge is 0.481 e. The van der Waals surface area contributed by atoms with E-state index in [0.717, 1.165) is 50.4 Å². The number of rotatable bonds is 4. The van der Waals surface area contributed by atoms with Crippen molar-refractivity contribution >= 4 is 5.91 Å². The highest BCUT2D eigenvalue weighted by Crippen LogP contribution is 2.26. The maximum Gasteiger partial charge on any atom is 0.263 e. The number of ether oxygens (including phenoxy) is 1. The predicted molar refractivity (Wildman–Crippen MR) is 92.8 cm³/mol. The third-order valence-corrected chi connectivity index (χ3v) is 5.34.